The number of rotatable bonds is 4. The van der Waals surface area contributed by atoms with Crippen LogP contribution < -0.4 is 0 Å². The van der Waals surface area contributed by atoms with Crippen molar-refractivity contribution in [3.63, 3.8) is 0 Å². The Bertz CT molecular complexity index is 1140. The second-order valence-corrected chi connectivity index (χ2v) is 8.49. The van der Waals surface area contributed by atoms with Gasteiger partial charge in [0.15, 0.2) is 17.2 Å². The molecule has 0 atom stereocenters. The van der Waals surface area contributed by atoms with Gasteiger partial charge in [0, 0.05) is 32.0 Å². The third-order valence-corrected chi connectivity index (χ3v) is 6.47. The molecular weight excluding hydrogens is 404 g/mol. The normalized spacial score (nSPS) is 16.3. The van der Waals surface area contributed by atoms with Crippen LogP contribution >= 0.6 is 0 Å². The average molecular weight is 431 g/mol. The quantitative estimate of drug-likeness (QED) is 0.635. The summed E-state index contributed by atoms with van der Waals surface area (Å²) in [5, 5.41) is 0. The van der Waals surface area contributed by atoms with Crippen LogP contribution in [0.15, 0.2) is 49.1 Å². The fourth-order valence-electron chi connectivity index (χ4n) is 4.68. The highest BCUT2D eigenvalue weighted by atomic mass is 16.2. The monoisotopic (exact) mass is 430 g/mol. The average Bonchev–Trinajstić information content (AvgIpc) is 3.22. The van der Waals surface area contributed by atoms with Crippen molar-refractivity contribution in [2.45, 2.75) is 51.2 Å². The van der Waals surface area contributed by atoms with E-state index in [0.717, 1.165) is 31.2 Å². The molecule has 5 rings (SSSR count). The molecule has 8 heteroatoms. The number of aromatic nitrogens is 4. The fourth-order valence-corrected chi connectivity index (χ4v) is 4.68. The number of amides is 2. The number of carbonyl (C=O) groups excluding carboxylic acids is 2. The van der Waals surface area contributed by atoms with Gasteiger partial charge in [-0.25, -0.2) is 15.0 Å². The van der Waals surface area contributed by atoms with Crippen molar-refractivity contribution in [2.24, 2.45) is 0 Å². The number of carbonyl (C=O) groups is 2. The van der Waals surface area contributed by atoms with E-state index in [4.69, 9.17) is 0 Å². The van der Waals surface area contributed by atoms with E-state index >= 15 is 0 Å². The maximum Gasteiger partial charge on any atom is 0.276 e. The topological polar surface area (TPSA) is 84.2 Å². The number of benzene rings is 1. The summed E-state index contributed by atoms with van der Waals surface area (Å²) in [5.41, 5.74) is 2.31. The zero-order valence-electron chi connectivity index (χ0n) is 18.1. The molecule has 0 bridgehead atoms. The van der Waals surface area contributed by atoms with Crippen molar-refractivity contribution in [1.82, 2.24) is 29.3 Å². The third kappa shape index (κ3) is 3.66. The number of nitrogens with zero attached hydrogens (tertiary/aromatic N) is 6. The predicted octanol–water partition coefficient (Wildman–Crippen LogP) is 3.22. The predicted molar refractivity (Wildman–Crippen MR) is 118 cm³/mol. The lowest BCUT2D eigenvalue weighted by atomic mass is 9.94. The molecule has 8 nitrogen and oxygen atoms in total. The molecule has 1 aromatic carbocycles. The third-order valence-electron chi connectivity index (χ3n) is 6.47. The Morgan fingerprint density at radius 2 is 1.81 bits per heavy atom. The second kappa shape index (κ2) is 8.53. The summed E-state index contributed by atoms with van der Waals surface area (Å²) in [4.78, 5) is 43.6. The van der Waals surface area contributed by atoms with E-state index in [-0.39, 0.29) is 30.1 Å². The van der Waals surface area contributed by atoms with Gasteiger partial charge in [0.05, 0.1) is 12.2 Å². The molecule has 2 aliphatic rings. The van der Waals surface area contributed by atoms with Crippen molar-refractivity contribution >= 4 is 11.8 Å². The Hall–Kier alpha value is -3.55. The number of hydrogen-bond acceptors (Lipinski definition) is 5. The molecule has 32 heavy (non-hydrogen) atoms. The zero-order valence-corrected chi connectivity index (χ0v) is 18.1. The Kier molecular flexibility index (Phi) is 5.43. The number of imidazole rings is 1. The summed E-state index contributed by atoms with van der Waals surface area (Å²) in [6.07, 6.45) is 10.2. The second-order valence-electron chi connectivity index (χ2n) is 8.49. The molecule has 2 amide bonds. The zero-order chi connectivity index (χ0) is 22.1. The van der Waals surface area contributed by atoms with E-state index in [1.807, 2.05) is 42.3 Å². The smallest absolute Gasteiger partial charge is 0.276 e. The summed E-state index contributed by atoms with van der Waals surface area (Å²) in [5.74, 6) is 0.0970. The van der Waals surface area contributed by atoms with Crippen molar-refractivity contribution < 1.29 is 9.59 Å². The van der Waals surface area contributed by atoms with Crippen molar-refractivity contribution in [3.8, 4) is 5.82 Å². The van der Waals surface area contributed by atoms with Crippen molar-refractivity contribution in [3.05, 3.63) is 71.7 Å². The highest BCUT2D eigenvalue weighted by Gasteiger charge is 2.33. The Morgan fingerprint density at radius 1 is 1.06 bits per heavy atom. The molecule has 3 aromatic rings. The SMILES string of the molecule is CN(C(=O)c1ncn2c1CN(Cc1ccccc1)C(=O)c1nccnc1-2)C1CCCCC1. The molecule has 0 saturated heterocycles. The van der Waals surface area contributed by atoms with Crippen LogP contribution in [0.2, 0.25) is 0 Å². The summed E-state index contributed by atoms with van der Waals surface area (Å²) >= 11 is 0. The van der Waals surface area contributed by atoms with Crippen molar-refractivity contribution in [1.29, 1.82) is 0 Å². The Morgan fingerprint density at radius 3 is 2.59 bits per heavy atom. The fraction of sp³-hybridized carbons (Fsp3) is 0.375. The summed E-state index contributed by atoms with van der Waals surface area (Å²) in [6, 6.07) is 10.0. The van der Waals surface area contributed by atoms with Gasteiger partial charge in [-0.2, -0.15) is 0 Å². The minimum atomic E-state index is -0.209. The molecule has 1 aliphatic heterocycles. The van der Waals surface area contributed by atoms with Crippen LogP contribution in [-0.2, 0) is 13.1 Å². The lowest BCUT2D eigenvalue weighted by Gasteiger charge is -2.31. The van der Waals surface area contributed by atoms with Gasteiger partial charge >= 0.3 is 0 Å². The molecular formula is C24H26N6O2. The first-order valence-electron chi connectivity index (χ1n) is 11.1. The minimum Gasteiger partial charge on any atom is -0.337 e. The van der Waals surface area contributed by atoms with E-state index in [1.54, 1.807) is 22.0 Å². The van der Waals surface area contributed by atoms with E-state index in [9.17, 15) is 9.59 Å². The maximum atomic E-state index is 13.5. The summed E-state index contributed by atoms with van der Waals surface area (Å²) in [7, 11) is 1.86. The van der Waals surface area contributed by atoms with E-state index in [2.05, 4.69) is 15.0 Å². The highest BCUT2D eigenvalue weighted by Crippen LogP contribution is 2.27. The van der Waals surface area contributed by atoms with E-state index in [0.29, 0.717) is 23.8 Å². The standard InChI is InChI=1S/C24H26N6O2/c1-28(18-10-6-3-7-11-18)23(31)20-19-15-29(14-17-8-4-2-5-9-17)24(32)21-22(26-13-12-25-21)30(19)16-27-20/h2,4-5,8-9,12-13,16,18H,3,6-7,10-11,14-15H2,1H3. The minimum absolute atomic E-state index is 0.106. The van der Waals surface area contributed by atoms with E-state index < -0.39 is 0 Å². The molecule has 0 radical (unpaired) electrons. The highest BCUT2D eigenvalue weighted by molar-refractivity contribution is 5.97. The van der Waals surface area contributed by atoms with Crippen LogP contribution in [0.25, 0.3) is 5.82 Å². The largest absolute Gasteiger partial charge is 0.337 e. The van der Waals surface area contributed by atoms with Crippen LogP contribution in [0.4, 0.5) is 0 Å². The van der Waals surface area contributed by atoms with Gasteiger partial charge in [0.2, 0.25) is 0 Å². The molecule has 2 aromatic heterocycles. The van der Waals surface area contributed by atoms with Gasteiger partial charge in [-0.1, -0.05) is 49.6 Å². The van der Waals surface area contributed by atoms with Crippen molar-refractivity contribution in [2.75, 3.05) is 7.05 Å². The molecule has 0 spiro atoms. The molecule has 1 saturated carbocycles. The Balaban J connectivity index is 1.53. The van der Waals surface area contributed by atoms with Crippen LogP contribution in [0.5, 0.6) is 0 Å². The summed E-state index contributed by atoms with van der Waals surface area (Å²) < 4.78 is 1.74. The van der Waals surface area contributed by atoms with E-state index in [1.165, 1.54) is 12.6 Å². The van der Waals surface area contributed by atoms with Gasteiger partial charge in [-0.05, 0) is 18.4 Å². The number of hydrogen-bond donors (Lipinski definition) is 0. The molecule has 0 unspecified atom stereocenters. The maximum absolute atomic E-state index is 13.5. The van der Waals surface area contributed by atoms with Crippen LogP contribution in [-0.4, -0.2) is 54.2 Å². The first-order chi connectivity index (χ1) is 15.6. The molecule has 164 valence electrons. The number of fused-ring (bicyclic) bond motifs is 3. The van der Waals surface area contributed by atoms with Gasteiger partial charge in [-0.15, -0.1) is 0 Å². The first-order valence-corrected chi connectivity index (χ1v) is 11.1. The summed E-state index contributed by atoms with van der Waals surface area (Å²) in [6.45, 7) is 0.665. The molecule has 1 fully saturated rings. The van der Waals surface area contributed by atoms with Crippen LogP contribution in [0.3, 0.4) is 0 Å². The lowest BCUT2D eigenvalue weighted by molar-refractivity contribution is 0.0675. The van der Waals surface area contributed by atoms with Crippen LogP contribution in [0, 0.1) is 0 Å². The van der Waals surface area contributed by atoms with Crippen LogP contribution in [0.1, 0.15) is 64.3 Å². The first kappa shape index (κ1) is 20.4. The lowest BCUT2D eigenvalue weighted by Crippen LogP contribution is -2.39. The van der Waals surface area contributed by atoms with Gasteiger partial charge in [0.25, 0.3) is 11.8 Å². The Labute approximate surface area is 186 Å². The van der Waals surface area contributed by atoms with Gasteiger partial charge in [0.1, 0.15) is 6.33 Å². The molecule has 3 heterocycles. The molecule has 0 N–H and O–H groups in total. The van der Waals surface area contributed by atoms with Gasteiger partial charge < -0.3 is 9.80 Å². The van der Waals surface area contributed by atoms with Gasteiger partial charge in [-0.3, -0.25) is 14.2 Å². The molecule has 1 aliphatic carbocycles.